The lowest BCUT2D eigenvalue weighted by atomic mass is 9.88. The van der Waals surface area contributed by atoms with Gasteiger partial charge < -0.3 is 14.6 Å². The van der Waals surface area contributed by atoms with Crippen LogP contribution in [-0.4, -0.2) is 53.7 Å². The molecule has 2 N–H and O–H groups in total. The molecule has 3 aromatic rings. The average molecular weight is 397 g/mol. The van der Waals surface area contributed by atoms with Gasteiger partial charge in [0.25, 0.3) is 5.56 Å². The molecule has 4 rings (SSSR count). The fourth-order valence-electron chi connectivity index (χ4n) is 3.84. The third-order valence-electron chi connectivity index (χ3n) is 5.67. The van der Waals surface area contributed by atoms with Gasteiger partial charge in [0, 0.05) is 24.8 Å². The number of aryl methyl sites for hydroxylation is 1. The minimum atomic E-state index is -1.19. The van der Waals surface area contributed by atoms with E-state index in [1.54, 1.807) is 29.6 Å². The number of amides is 1. The fraction of sp³-hybridized carbons (Fsp3) is 0.400. The van der Waals surface area contributed by atoms with E-state index in [1.807, 2.05) is 24.3 Å². The third kappa shape index (κ3) is 3.49. The van der Waals surface area contributed by atoms with Crippen LogP contribution >= 0.6 is 0 Å². The zero-order valence-electron chi connectivity index (χ0n) is 16.3. The number of hydrogen-bond donors (Lipinski definition) is 2. The number of likely N-dealkylation sites (tertiary alicyclic amines) is 1. The maximum atomic E-state index is 13.0. The lowest BCUT2D eigenvalue weighted by Gasteiger charge is -2.43. The molecule has 2 atom stereocenters. The second-order valence-corrected chi connectivity index (χ2v) is 7.80. The Balaban J connectivity index is 1.60. The van der Waals surface area contributed by atoms with Crippen LogP contribution in [0.5, 0.6) is 0 Å². The Labute approximate surface area is 166 Å². The minimum absolute atomic E-state index is 0.120. The van der Waals surface area contributed by atoms with Crippen LogP contribution in [-0.2, 0) is 11.3 Å². The van der Waals surface area contributed by atoms with Crippen molar-refractivity contribution in [3.05, 3.63) is 63.2 Å². The van der Waals surface area contributed by atoms with Gasteiger partial charge in [-0.3, -0.25) is 19.1 Å². The minimum Gasteiger partial charge on any atom is -0.388 e. The van der Waals surface area contributed by atoms with Crippen molar-refractivity contribution >= 4 is 16.9 Å². The summed E-state index contributed by atoms with van der Waals surface area (Å²) in [4.78, 5) is 45.2. The lowest BCUT2D eigenvalue weighted by molar-refractivity contribution is -0.138. The molecule has 0 aliphatic carbocycles. The third-order valence-corrected chi connectivity index (χ3v) is 5.67. The number of aliphatic hydroxyl groups is 1. The Morgan fingerprint density at radius 1 is 1.34 bits per heavy atom. The molecule has 1 aliphatic heterocycles. The summed E-state index contributed by atoms with van der Waals surface area (Å²) >= 11 is 0. The van der Waals surface area contributed by atoms with Gasteiger partial charge >= 0.3 is 5.69 Å². The molecule has 0 unspecified atom stereocenters. The van der Waals surface area contributed by atoms with E-state index >= 15 is 0 Å². The highest BCUT2D eigenvalue weighted by molar-refractivity contribution is 5.80. The van der Waals surface area contributed by atoms with E-state index in [0.717, 1.165) is 11.0 Å². The largest absolute Gasteiger partial charge is 0.388 e. The van der Waals surface area contributed by atoms with E-state index in [4.69, 9.17) is 0 Å². The van der Waals surface area contributed by atoms with Gasteiger partial charge in [-0.1, -0.05) is 12.1 Å². The smallest absolute Gasteiger partial charge is 0.328 e. The van der Waals surface area contributed by atoms with Crippen LogP contribution in [0.1, 0.15) is 24.9 Å². The Morgan fingerprint density at radius 2 is 2.10 bits per heavy atom. The second kappa shape index (κ2) is 7.00. The number of aromatic amines is 1. The summed E-state index contributed by atoms with van der Waals surface area (Å²) in [5, 5.41) is 10.9. The van der Waals surface area contributed by atoms with Crippen molar-refractivity contribution in [1.29, 1.82) is 0 Å². The number of hydrogen-bond acceptors (Lipinski definition) is 5. The molecule has 2 aromatic heterocycles. The maximum Gasteiger partial charge on any atom is 0.328 e. The molecule has 0 spiro atoms. The van der Waals surface area contributed by atoms with Gasteiger partial charge in [-0.2, -0.15) is 0 Å². The molecular formula is C20H23N5O4. The van der Waals surface area contributed by atoms with Gasteiger partial charge in [-0.25, -0.2) is 9.78 Å². The first-order valence-electron chi connectivity index (χ1n) is 9.48. The van der Waals surface area contributed by atoms with Gasteiger partial charge in [-0.05, 0) is 32.4 Å². The molecule has 9 heteroatoms. The lowest BCUT2D eigenvalue weighted by Crippen LogP contribution is -2.55. The molecule has 0 saturated carbocycles. The highest BCUT2D eigenvalue weighted by atomic mass is 16.3. The number of carbonyl (C=O) groups excluding carboxylic acids is 1. The van der Waals surface area contributed by atoms with Crippen molar-refractivity contribution in [1.82, 2.24) is 24.0 Å². The van der Waals surface area contributed by atoms with Crippen molar-refractivity contribution in [2.75, 3.05) is 13.1 Å². The summed E-state index contributed by atoms with van der Waals surface area (Å²) in [7, 11) is 0. The van der Waals surface area contributed by atoms with Crippen molar-refractivity contribution in [2.24, 2.45) is 0 Å². The van der Waals surface area contributed by atoms with Crippen molar-refractivity contribution in [2.45, 2.75) is 38.5 Å². The van der Waals surface area contributed by atoms with Gasteiger partial charge in [0.1, 0.15) is 6.54 Å². The zero-order valence-corrected chi connectivity index (χ0v) is 16.3. The van der Waals surface area contributed by atoms with Gasteiger partial charge in [0.15, 0.2) is 0 Å². The van der Waals surface area contributed by atoms with Gasteiger partial charge in [0.05, 0.1) is 29.0 Å². The zero-order chi connectivity index (χ0) is 20.8. The monoisotopic (exact) mass is 397 g/mol. The number of aromatic nitrogens is 4. The van der Waals surface area contributed by atoms with Crippen LogP contribution in [0, 0.1) is 6.92 Å². The van der Waals surface area contributed by atoms with Crippen molar-refractivity contribution in [3.8, 4) is 0 Å². The first-order valence-corrected chi connectivity index (χ1v) is 9.48. The number of piperidine rings is 1. The summed E-state index contributed by atoms with van der Waals surface area (Å²) in [6.07, 6.45) is 3.40. The molecule has 29 heavy (non-hydrogen) atoms. The number of benzene rings is 1. The molecule has 1 saturated heterocycles. The normalized spacial score (nSPS) is 22.2. The number of H-pyrrole nitrogens is 1. The van der Waals surface area contributed by atoms with E-state index in [2.05, 4.69) is 9.97 Å². The SMILES string of the molecule is Cc1cn([C@@H]2CN(C(=O)Cn3cnc4ccccc43)CC[C@@]2(C)O)c(=O)[nH]c1=O. The Bertz CT molecular complexity index is 1190. The molecule has 9 nitrogen and oxygen atoms in total. The van der Waals surface area contributed by atoms with Crippen LogP contribution in [0.25, 0.3) is 11.0 Å². The molecule has 1 aromatic carbocycles. The first kappa shape index (κ1) is 19.1. The molecule has 1 aliphatic rings. The van der Waals surface area contributed by atoms with Crippen LogP contribution < -0.4 is 11.2 Å². The number of nitrogens with zero attached hydrogens (tertiary/aromatic N) is 4. The van der Waals surface area contributed by atoms with Crippen LogP contribution in [0.3, 0.4) is 0 Å². The predicted molar refractivity (Wildman–Crippen MR) is 107 cm³/mol. The number of rotatable bonds is 3. The Hall–Kier alpha value is -3.20. The summed E-state index contributed by atoms with van der Waals surface area (Å²) < 4.78 is 3.11. The van der Waals surface area contributed by atoms with Crippen LogP contribution in [0.2, 0.25) is 0 Å². The van der Waals surface area contributed by atoms with Gasteiger partial charge in [-0.15, -0.1) is 0 Å². The van der Waals surface area contributed by atoms with Crippen LogP contribution in [0.15, 0.2) is 46.4 Å². The molecule has 1 fully saturated rings. The second-order valence-electron chi connectivity index (χ2n) is 7.80. The summed E-state index contributed by atoms with van der Waals surface area (Å²) in [5.41, 5.74) is -0.187. The topological polar surface area (TPSA) is 113 Å². The average Bonchev–Trinajstić information content (AvgIpc) is 3.08. The summed E-state index contributed by atoms with van der Waals surface area (Å²) in [6.45, 7) is 3.92. The van der Waals surface area contributed by atoms with Crippen LogP contribution in [0.4, 0.5) is 0 Å². The van der Waals surface area contributed by atoms with E-state index in [9.17, 15) is 19.5 Å². The van der Waals surface area contributed by atoms with E-state index < -0.39 is 22.9 Å². The standard InChI is InChI=1S/C20H23N5O4/c1-13-9-25(19(28)22-18(13)27)16-10-23(8-7-20(16,2)29)17(26)11-24-12-21-14-5-3-4-6-15(14)24/h3-6,9,12,16,29H,7-8,10-11H2,1-2H3,(H,22,27,28)/t16-,20-/m1/s1. The fourth-order valence-corrected chi connectivity index (χ4v) is 3.84. The molecular weight excluding hydrogens is 374 g/mol. The summed E-state index contributed by atoms with van der Waals surface area (Å²) in [6, 6.07) is 6.91. The maximum absolute atomic E-state index is 13.0. The Kier molecular flexibility index (Phi) is 4.62. The quantitative estimate of drug-likeness (QED) is 0.665. The molecule has 152 valence electrons. The van der Waals surface area contributed by atoms with E-state index in [0.29, 0.717) is 18.5 Å². The summed E-state index contributed by atoms with van der Waals surface area (Å²) in [5.74, 6) is -0.122. The highest BCUT2D eigenvalue weighted by Gasteiger charge is 2.40. The van der Waals surface area contributed by atoms with E-state index in [1.165, 1.54) is 10.8 Å². The molecule has 0 bridgehead atoms. The predicted octanol–water partition coefficient (Wildman–Crippen LogP) is 0.419. The number of fused-ring (bicyclic) bond motifs is 1. The van der Waals surface area contributed by atoms with Crippen molar-refractivity contribution in [3.63, 3.8) is 0 Å². The number of nitrogens with one attached hydrogen (secondary N) is 1. The van der Waals surface area contributed by atoms with E-state index in [-0.39, 0.29) is 19.0 Å². The number of imidazole rings is 1. The molecule has 1 amide bonds. The number of carbonyl (C=O) groups is 1. The van der Waals surface area contributed by atoms with Gasteiger partial charge in [0.2, 0.25) is 5.91 Å². The Morgan fingerprint density at radius 3 is 2.90 bits per heavy atom. The number of para-hydroxylation sites is 2. The molecule has 0 radical (unpaired) electrons. The van der Waals surface area contributed by atoms with Crippen molar-refractivity contribution < 1.29 is 9.90 Å². The molecule has 3 heterocycles. The highest BCUT2D eigenvalue weighted by Crippen LogP contribution is 2.31. The first-order chi connectivity index (χ1) is 13.8.